The molecule has 1 aliphatic heterocycles. The summed E-state index contributed by atoms with van der Waals surface area (Å²) in [5.41, 5.74) is 1.85. The Morgan fingerprint density at radius 2 is 1.83 bits per heavy atom. The fraction of sp³-hybridized carbons (Fsp3) is 0.222. The van der Waals surface area contributed by atoms with E-state index in [1.165, 1.54) is 18.1 Å². The van der Waals surface area contributed by atoms with Gasteiger partial charge in [0.25, 0.3) is 5.78 Å². The van der Waals surface area contributed by atoms with Crippen molar-refractivity contribution in [1.82, 2.24) is 4.98 Å². The Bertz CT molecular complexity index is 1830. The maximum atomic E-state index is 13.8. The highest BCUT2D eigenvalue weighted by Gasteiger charge is 2.48. The number of ether oxygens (including phenoxy) is 4. The monoisotopic (exact) mass is 654 g/mol. The van der Waals surface area contributed by atoms with E-state index in [-0.39, 0.29) is 34.6 Å². The predicted octanol–water partition coefficient (Wildman–Crippen LogP) is 6.80. The summed E-state index contributed by atoms with van der Waals surface area (Å²) in [4.78, 5) is 46.1. The molecule has 1 aromatic heterocycles. The number of benzene rings is 3. The zero-order valence-electron chi connectivity index (χ0n) is 26.2. The van der Waals surface area contributed by atoms with Crippen LogP contribution >= 0.6 is 11.3 Å². The fourth-order valence-corrected chi connectivity index (χ4v) is 6.02. The van der Waals surface area contributed by atoms with Crippen LogP contribution < -0.4 is 19.1 Å². The highest BCUT2D eigenvalue weighted by Crippen LogP contribution is 2.46. The molecule has 0 aliphatic carbocycles. The first-order valence-corrected chi connectivity index (χ1v) is 15.7. The van der Waals surface area contributed by atoms with Gasteiger partial charge in [0.15, 0.2) is 16.6 Å². The Balaban J connectivity index is 1.62. The van der Waals surface area contributed by atoms with Gasteiger partial charge in [0, 0.05) is 5.56 Å². The Morgan fingerprint density at radius 1 is 1.04 bits per heavy atom. The molecule has 1 N–H and O–H groups in total. The quantitative estimate of drug-likeness (QED) is 0.0545. The molecule has 0 spiro atoms. The summed E-state index contributed by atoms with van der Waals surface area (Å²) in [6, 6.07) is 20.2. The lowest BCUT2D eigenvalue weighted by molar-refractivity contribution is -0.132. The molecule has 0 bridgehead atoms. The summed E-state index contributed by atoms with van der Waals surface area (Å²) in [6.07, 6.45) is 2.22. The number of ketones is 1. The molecule has 242 valence electrons. The van der Waals surface area contributed by atoms with Crippen molar-refractivity contribution < 1.29 is 38.4 Å². The largest absolute Gasteiger partial charge is 0.507 e. The highest BCUT2D eigenvalue weighted by atomic mass is 32.1. The third kappa shape index (κ3) is 7.05. The molecule has 47 heavy (non-hydrogen) atoms. The predicted molar refractivity (Wildman–Crippen MR) is 178 cm³/mol. The maximum Gasteiger partial charge on any atom is 0.350 e. The summed E-state index contributed by atoms with van der Waals surface area (Å²) >= 11 is 0.912. The maximum absolute atomic E-state index is 13.8. The third-order valence-corrected chi connectivity index (χ3v) is 8.41. The normalized spacial score (nSPS) is 15.4. The number of methoxy groups -OCH3 is 1. The van der Waals surface area contributed by atoms with Crippen LogP contribution in [0.3, 0.4) is 0 Å². The molecule has 1 saturated heterocycles. The van der Waals surface area contributed by atoms with Gasteiger partial charge >= 0.3 is 11.9 Å². The first-order chi connectivity index (χ1) is 22.8. The summed E-state index contributed by atoms with van der Waals surface area (Å²) in [5, 5.41) is 11.7. The Kier molecular flexibility index (Phi) is 10.4. The van der Waals surface area contributed by atoms with Gasteiger partial charge in [-0.2, -0.15) is 0 Å². The van der Waals surface area contributed by atoms with Gasteiger partial charge < -0.3 is 24.1 Å². The van der Waals surface area contributed by atoms with Crippen LogP contribution in [0.5, 0.6) is 17.2 Å². The van der Waals surface area contributed by atoms with Crippen molar-refractivity contribution in [2.75, 3.05) is 25.2 Å². The summed E-state index contributed by atoms with van der Waals surface area (Å²) in [6.45, 7) is 7.89. The number of esters is 1. The lowest BCUT2D eigenvalue weighted by Crippen LogP contribution is -2.29. The number of aromatic nitrogens is 1. The van der Waals surface area contributed by atoms with E-state index in [0.29, 0.717) is 40.7 Å². The van der Waals surface area contributed by atoms with Gasteiger partial charge in [-0.3, -0.25) is 14.5 Å². The second-order valence-corrected chi connectivity index (χ2v) is 11.5. The van der Waals surface area contributed by atoms with Gasteiger partial charge in [0.1, 0.15) is 29.6 Å². The number of anilines is 1. The minimum atomic E-state index is -1.13. The van der Waals surface area contributed by atoms with Crippen molar-refractivity contribution in [2.45, 2.75) is 32.9 Å². The molecule has 0 saturated carbocycles. The number of nitrogens with zero attached hydrogens (tertiary/aromatic N) is 2. The average Bonchev–Trinajstić information content (AvgIpc) is 3.61. The smallest absolute Gasteiger partial charge is 0.350 e. The van der Waals surface area contributed by atoms with E-state index in [0.717, 1.165) is 23.3 Å². The van der Waals surface area contributed by atoms with Crippen LogP contribution in [-0.4, -0.2) is 48.1 Å². The molecule has 1 atom stereocenters. The number of aryl methyl sites for hydroxylation is 1. The Morgan fingerprint density at radius 3 is 2.55 bits per heavy atom. The second-order valence-electron chi connectivity index (χ2n) is 10.5. The van der Waals surface area contributed by atoms with Crippen LogP contribution in [0, 0.1) is 6.92 Å². The number of carbonyl (C=O) groups excluding carboxylic acids is 3. The fourth-order valence-electron chi connectivity index (χ4n) is 5.04. The zero-order valence-corrected chi connectivity index (χ0v) is 27.0. The molecule has 2 heterocycles. The number of hydrogen-bond donors (Lipinski definition) is 1. The molecule has 1 fully saturated rings. The zero-order chi connectivity index (χ0) is 33.5. The number of amides is 1. The van der Waals surface area contributed by atoms with E-state index in [2.05, 4.69) is 11.6 Å². The number of Topliss-reactive ketones (excluding diaryl/α,β-unsaturated/α-hetero) is 1. The van der Waals surface area contributed by atoms with Crippen LogP contribution in [0.1, 0.15) is 51.4 Å². The topological polar surface area (TPSA) is 124 Å². The van der Waals surface area contributed by atoms with Crippen molar-refractivity contribution in [2.24, 2.45) is 0 Å². The minimum Gasteiger partial charge on any atom is -0.507 e. The van der Waals surface area contributed by atoms with Gasteiger partial charge in [-0.05, 0) is 48.7 Å². The SMILES string of the molecule is C=CCOC(=O)c1sc(N2C(=O)C(=O)C(=C(O)c3cccc(OCCC)c3)C2c2ccc(OCc3ccccc3)c(OC)c2)nc1C. The highest BCUT2D eigenvalue weighted by molar-refractivity contribution is 7.17. The van der Waals surface area contributed by atoms with E-state index in [1.807, 2.05) is 37.3 Å². The molecule has 1 aliphatic rings. The number of thiazole rings is 1. The van der Waals surface area contributed by atoms with Gasteiger partial charge in [0.2, 0.25) is 0 Å². The van der Waals surface area contributed by atoms with Crippen LogP contribution in [0.15, 0.2) is 91.0 Å². The molecule has 5 rings (SSSR count). The number of aliphatic hydroxyl groups excluding tert-OH is 1. The van der Waals surface area contributed by atoms with E-state index < -0.39 is 23.7 Å². The summed E-state index contributed by atoms with van der Waals surface area (Å²) in [5.74, 6) is -1.57. The molecule has 3 aromatic carbocycles. The van der Waals surface area contributed by atoms with Crippen LogP contribution in [0.25, 0.3) is 5.76 Å². The van der Waals surface area contributed by atoms with E-state index in [4.69, 9.17) is 18.9 Å². The number of aliphatic hydroxyl groups is 1. The van der Waals surface area contributed by atoms with Crippen LogP contribution in [0.4, 0.5) is 5.13 Å². The molecule has 1 unspecified atom stereocenters. The molecular formula is C36H34N2O8S. The third-order valence-electron chi connectivity index (χ3n) is 7.27. The molecule has 4 aromatic rings. The van der Waals surface area contributed by atoms with E-state index in [1.54, 1.807) is 49.4 Å². The van der Waals surface area contributed by atoms with Crippen molar-refractivity contribution in [3.63, 3.8) is 0 Å². The lowest BCUT2D eigenvalue weighted by Gasteiger charge is -2.24. The first kappa shape index (κ1) is 33.0. The van der Waals surface area contributed by atoms with Crippen LogP contribution in [-0.2, 0) is 20.9 Å². The van der Waals surface area contributed by atoms with Crippen molar-refractivity contribution in [3.8, 4) is 17.2 Å². The molecule has 1 amide bonds. The lowest BCUT2D eigenvalue weighted by atomic mass is 9.95. The molecule has 10 nitrogen and oxygen atoms in total. The minimum absolute atomic E-state index is 0.00442. The Labute approximate surface area is 276 Å². The van der Waals surface area contributed by atoms with Crippen LogP contribution in [0.2, 0.25) is 0 Å². The molecular weight excluding hydrogens is 620 g/mol. The first-order valence-electron chi connectivity index (χ1n) is 14.9. The standard InChI is InChI=1S/C36H34N2O8S/c1-5-17-44-26-14-10-13-25(19-26)31(39)29-30(24-15-16-27(28(20-24)43-4)46-21-23-11-8-7-9-12-23)38(34(41)32(29)40)36-37-22(3)33(47-36)35(42)45-18-6-2/h6-16,19-20,30,39H,2,5,17-18,21H2,1,3-4H3. The molecule has 0 radical (unpaired) electrons. The van der Waals surface area contributed by atoms with Crippen molar-refractivity contribution in [3.05, 3.63) is 118 Å². The van der Waals surface area contributed by atoms with E-state index in [9.17, 15) is 19.5 Å². The van der Waals surface area contributed by atoms with Crippen molar-refractivity contribution >= 4 is 39.9 Å². The average molecular weight is 655 g/mol. The number of rotatable bonds is 13. The number of hydrogen-bond acceptors (Lipinski definition) is 10. The van der Waals surface area contributed by atoms with Gasteiger partial charge in [-0.15, -0.1) is 0 Å². The van der Waals surface area contributed by atoms with E-state index >= 15 is 0 Å². The second kappa shape index (κ2) is 14.8. The summed E-state index contributed by atoms with van der Waals surface area (Å²) < 4.78 is 22.6. The number of carbonyl (C=O) groups is 3. The Hall–Kier alpha value is -5.42. The molecule has 11 heteroatoms. The van der Waals surface area contributed by atoms with Gasteiger partial charge in [0.05, 0.1) is 31.0 Å². The summed E-state index contributed by atoms with van der Waals surface area (Å²) in [7, 11) is 1.48. The van der Waals surface area contributed by atoms with Gasteiger partial charge in [-0.25, -0.2) is 9.78 Å². The van der Waals surface area contributed by atoms with Gasteiger partial charge in [-0.1, -0.05) is 79.4 Å². The van der Waals surface area contributed by atoms with Crippen molar-refractivity contribution in [1.29, 1.82) is 0 Å².